The van der Waals surface area contributed by atoms with Gasteiger partial charge in [-0.1, -0.05) is 23.2 Å². The van der Waals surface area contributed by atoms with E-state index in [9.17, 15) is 9.59 Å². The van der Waals surface area contributed by atoms with E-state index in [2.05, 4.69) is 15.6 Å². The number of hydrogen-bond donors (Lipinski definition) is 2. The van der Waals surface area contributed by atoms with Crippen LogP contribution in [0.2, 0.25) is 10.0 Å². The van der Waals surface area contributed by atoms with E-state index < -0.39 is 0 Å². The minimum absolute atomic E-state index is 0.182. The van der Waals surface area contributed by atoms with Crippen LogP contribution in [0.4, 0.5) is 5.69 Å². The highest BCUT2D eigenvalue weighted by Gasteiger charge is 2.12. The minimum Gasteiger partial charge on any atom is -0.441 e. The molecule has 0 fully saturated rings. The number of aryl methyl sites for hydroxylation is 1. The zero-order valence-electron chi connectivity index (χ0n) is 15.0. The van der Waals surface area contributed by atoms with E-state index in [1.54, 1.807) is 55.7 Å². The Labute approximate surface area is 171 Å². The minimum atomic E-state index is -0.183. The van der Waals surface area contributed by atoms with Gasteiger partial charge in [0.2, 0.25) is 5.91 Å². The highest BCUT2D eigenvalue weighted by Crippen LogP contribution is 2.30. The second kappa shape index (κ2) is 8.91. The monoisotopic (exact) mass is 417 g/mol. The van der Waals surface area contributed by atoms with Crippen molar-refractivity contribution >= 4 is 40.7 Å². The lowest BCUT2D eigenvalue weighted by atomic mass is 10.2. The van der Waals surface area contributed by atoms with Crippen molar-refractivity contribution in [3.05, 3.63) is 70.2 Å². The van der Waals surface area contributed by atoms with Crippen LogP contribution in [0, 0.1) is 0 Å². The van der Waals surface area contributed by atoms with Gasteiger partial charge in [0.1, 0.15) is 0 Å². The van der Waals surface area contributed by atoms with Gasteiger partial charge < -0.3 is 15.1 Å². The summed E-state index contributed by atoms with van der Waals surface area (Å²) in [6.45, 7) is 0. The molecule has 0 saturated carbocycles. The topological polar surface area (TPSA) is 84.2 Å². The highest BCUT2D eigenvalue weighted by molar-refractivity contribution is 6.36. The van der Waals surface area contributed by atoms with Crippen molar-refractivity contribution in [1.29, 1.82) is 0 Å². The molecule has 0 saturated heterocycles. The maximum Gasteiger partial charge on any atom is 0.251 e. The number of nitrogens with one attached hydrogen (secondary N) is 2. The molecule has 0 spiro atoms. The van der Waals surface area contributed by atoms with E-state index in [4.69, 9.17) is 27.6 Å². The van der Waals surface area contributed by atoms with E-state index in [1.165, 1.54) is 0 Å². The fourth-order valence-electron chi connectivity index (χ4n) is 2.53. The summed E-state index contributed by atoms with van der Waals surface area (Å²) in [5.74, 6) is 0.586. The van der Waals surface area contributed by atoms with Crippen LogP contribution in [-0.4, -0.2) is 23.8 Å². The van der Waals surface area contributed by atoms with E-state index >= 15 is 0 Å². The number of carbonyl (C=O) groups excluding carboxylic acids is 2. The number of hydrogen-bond acceptors (Lipinski definition) is 4. The summed E-state index contributed by atoms with van der Waals surface area (Å²) >= 11 is 12.1. The standard InChI is InChI=1S/C20H17Cl2N3O3/c1-23-20(27)12-2-5-14(6-3-12)25-18(26)8-9-19-24-11-17(28-19)15-7-4-13(21)10-16(15)22/h2-7,10-11H,8-9H2,1H3,(H,23,27)(H,25,26). The van der Waals surface area contributed by atoms with Gasteiger partial charge in [0.05, 0.1) is 11.2 Å². The predicted molar refractivity (Wildman–Crippen MR) is 109 cm³/mol. The maximum atomic E-state index is 12.1. The quantitative estimate of drug-likeness (QED) is 0.614. The maximum absolute atomic E-state index is 12.1. The van der Waals surface area contributed by atoms with Crippen LogP contribution in [0.3, 0.4) is 0 Å². The Hall–Kier alpha value is -2.83. The molecule has 3 rings (SSSR count). The fourth-order valence-corrected chi connectivity index (χ4v) is 3.03. The molecular weight excluding hydrogens is 401 g/mol. The van der Waals surface area contributed by atoms with Gasteiger partial charge in [-0.15, -0.1) is 0 Å². The molecule has 8 heteroatoms. The van der Waals surface area contributed by atoms with Crippen LogP contribution < -0.4 is 10.6 Å². The molecule has 2 N–H and O–H groups in total. The first-order valence-corrected chi connectivity index (χ1v) is 9.24. The number of amides is 2. The van der Waals surface area contributed by atoms with Crippen LogP contribution in [0.15, 0.2) is 53.1 Å². The van der Waals surface area contributed by atoms with Gasteiger partial charge in [0, 0.05) is 41.7 Å². The molecular formula is C20H17Cl2N3O3. The molecule has 2 aromatic carbocycles. The summed E-state index contributed by atoms with van der Waals surface area (Å²) in [6, 6.07) is 11.7. The Morgan fingerprint density at radius 1 is 1.11 bits per heavy atom. The average molecular weight is 418 g/mol. The number of benzene rings is 2. The lowest BCUT2D eigenvalue weighted by molar-refractivity contribution is -0.116. The van der Waals surface area contributed by atoms with Crippen molar-refractivity contribution in [3.8, 4) is 11.3 Å². The second-order valence-corrected chi connectivity index (χ2v) is 6.79. The van der Waals surface area contributed by atoms with Crippen LogP contribution in [0.25, 0.3) is 11.3 Å². The summed E-state index contributed by atoms with van der Waals surface area (Å²) < 4.78 is 5.68. The van der Waals surface area contributed by atoms with Gasteiger partial charge in [-0.2, -0.15) is 0 Å². The summed E-state index contributed by atoms with van der Waals surface area (Å²) in [5.41, 5.74) is 1.82. The van der Waals surface area contributed by atoms with E-state index in [1.807, 2.05) is 0 Å². The van der Waals surface area contributed by atoms with E-state index in [0.29, 0.717) is 44.9 Å². The van der Waals surface area contributed by atoms with Gasteiger partial charge in [0.15, 0.2) is 11.7 Å². The van der Waals surface area contributed by atoms with Crippen LogP contribution in [-0.2, 0) is 11.2 Å². The number of oxazole rings is 1. The molecule has 2 amide bonds. The summed E-state index contributed by atoms with van der Waals surface area (Å²) in [5, 5.41) is 6.32. The van der Waals surface area contributed by atoms with Crippen molar-refractivity contribution in [3.63, 3.8) is 0 Å². The smallest absolute Gasteiger partial charge is 0.251 e. The van der Waals surface area contributed by atoms with E-state index in [0.717, 1.165) is 0 Å². The molecule has 1 aromatic heterocycles. The average Bonchev–Trinajstić information content (AvgIpc) is 3.15. The largest absolute Gasteiger partial charge is 0.441 e. The van der Waals surface area contributed by atoms with Gasteiger partial charge >= 0.3 is 0 Å². The first-order chi connectivity index (χ1) is 13.5. The van der Waals surface area contributed by atoms with Gasteiger partial charge in [-0.25, -0.2) is 4.98 Å². The van der Waals surface area contributed by atoms with Gasteiger partial charge in [-0.3, -0.25) is 9.59 Å². The Morgan fingerprint density at radius 3 is 2.54 bits per heavy atom. The Morgan fingerprint density at radius 2 is 1.86 bits per heavy atom. The number of rotatable bonds is 6. The van der Waals surface area contributed by atoms with Gasteiger partial charge in [0.25, 0.3) is 5.91 Å². The summed E-state index contributed by atoms with van der Waals surface area (Å²) in [6.07, 6.45) is 2.11. The third-order valence-electron chi connectivity index (χ3n) is 3.97. The number of anilines is 1. The number of carbonyl (C=O) groups is 2. The molecule has 1 heterocycles. The lowest BCUT2D eigenvalue weighted by Gasteiger charge is -2.05. The lowest BCUT2D eigenvalue weighted by Crippen LogP contribution is -2.18. The third-order valence-corrected chi connectivity index (χ3v) is 4.52. The Balaban J connectivity index is 1.56. The van der Waals surface area contributed by atoms with Crippen LogP contribution in [0.1, 0.15) is 22.7 Å². The molecule has 3 aromatic rings. The number of aromatic nitrogens is 1. The second-order valence-electron chi connectivity index (χ2n) is 5.95. The zero-order valence-corrected chi connectivity index (χ0v) is 16.5. The first kappa shape index (κ1) is 19.9. The van der Waals surface area contributed by atoms with Crippen LogP contribution >= 0.6 is 23.2 Å². The molecule has 0 aliphatic rings. The number of halogens is 2. The molecule has 0 aliphatic heterocycles. The zero-order chi connectivity index (χ0) is 20.1. The van der Waals surface area contributed by atoms with Crippen molar-refractivity contribution in [2.45, 2.75) is 12.8 Å². The van der Waals surface area contributed by atoms with Crippen LogP contribution in [0.5, 0.6) is 0 Å². The van der Waals surface area contributed by atoms with Crippen molar-refractivity contribution in [2.75, 3.05) is 12.4 Å². The Kier molecular flexibility index (Phi) is 6.34. The third kappa shape index (κ3) is 4.91. The molecule has 6 nitrogen and oxygen atoms in total. The molecule has 0 bridgehead atoms. The van der Waals surface area contributed by atoms with Crippen molar-refractivity contribution in [2.24, 2.45) is 0 Å². The Bertz CT molecular complexity index is 1000. The van der Waals surface area contributed by atoms with Crippen molar-refractivity contribution in [1.82, 2.24) is 10.3 Å². The normalized spacial score (nSPS) is 10.5. The highest BCUT2D eigenvalue weighted by atomic mass is 35.5. The van der Waals surface area contributed by atoms with E-state index in [-0.39, 0.29) is 18.2 Å². The summed E-state index contributed by atoms with van der Waals surface area (Å²) in [4.78, 5) is 27.8. The predicted octanol–water partition coefficient (Wildman–Crippen LogP) is 4.58. The molecule has 0 aliphatic carbocycles. The number of nitrogens with zero attached hydrogens (tertiary/aromatic N) is 1. The molecule has 0 radical (unpaired) electrons. The molecule has 28 heavy (non-hydrogen) atoms. The SMILES string of the molecule is CNC(=O)c1ccc(NC(=O)CCc2ncc(-c3ccc(Cl)cc3Cl)o2)cc1. The van der Waals surface area contributed by atoms with Crippen molar-refractivity contribution < 1.29 is 14.0 Å². The fraction of sp³-hybridized carbons (Fsp3) is 0.150. The first-order valence-electron chi connectivity index (χ1n) is 8.48. The van der Waals surface area contributed by atoms with Gasteiger partial charge in [-0.05, 0) is 42.5 Å². The summed E-state index contributed by atoms with van der Waals surface area (Å²) in [7, 11) is 1.56. The molecule has 144 valence electrons. The molecule has 0 unspecified atom stereocenters. The molecule has 0 atom stereocenters.